The molecule has 5 nitrogen and oxygen atoms in total. The standard InChI is InChI=1S/C3H2F4O5S/c4-2(1(8)9,3(5,6)7)13-12-11-10/h10H,(H,8,9). The quantitative estimate of drug-likeness (QED) is 0.326. The number of aliphatic carboxylic acids is 1. The summed E-state index contributed by atoms with van der Waals surface area (Å²) in [6.07, 6.45) is -5.69. The normalized spacial score (nSPS) is 16.7. The van der Waals surface area contributed by atoms with Gasteiger partial charge in [0.05, 0.1) is 12.0 Å². The fourth-order valence-corrected chi connectivity index (χ4v) is 0.556. The molecule has 0 amide bonds. The zero-order chi connectivity index (χ0) is 10.7. The molecule has 0 saturated heterocycles. The third-order valence-electron chi connectivity index (χ3n) is 0.819. The lowest BCUT2D eigenvalue weighted by molar-refractivity contribution is -0.433. The van der Waals surface area contributed by atoms with Gasteiger partial charge in [-0.3, -0.25) is 0 Å². The lowest BCUT2D eigenvalue weighted by Gasteiger charge is -2.19. The van der Waals surface area contributed by atoms with Gasteiger partial charge in [-0.1, -0.05) is 5.04 Å². The van der Waals surface area contributed by atoms with Gasteiger partial charge in [0.25, 0.3) is 0 Å². The van der Waals surface area contributed by atoms with Crippen molar-refractivity contribution in [2.45, 2.75) is 11.2 Å². The Kier molecular flexibility index (Phi) is 3.90. The Morgan fingerprint density at radius 1 is 1.31 bits per heavy atom. The number of alkyl halides is 4. The molecule has 78 valence electrons. The summed E-state index contributed by atoms with van der Waals surface area (Å²) in [5, 5.41) is 13.2. The van der Waals surface area contributed by atoms with Crippen LogP contribution in [0.4, 0.5) is 17.6 Å². The molecule has 0 aromatic heterocycles. The molecule has 1 atom stereocenters. The van der Waals surface area contributed by atoms with Gasteiger partial charge in [0, 0.05) is 0 Å². The van der Waals surface area contributed by atoms with Gasteiger partial charge < -0.3 is 5.11 Å². The summed E-state index contributed by atoms with van der Waals surface area (Å²) in [4.78, 5) is 9.84. The first-order chi connectivity index (χ1) is 5.75. The highest BCUT2D eigenvalue weighted by molar-refractivity contribution is 7.96. The summed E-state index contributed by atoms with van der Waals surface area (Å²) in [5.74, 6) is -2.82. The number of hydrogen-bond acceptors (Lipinski definition) is 5. The van der Waals surface area contributed by atoms with Crippen LogP contribution in [0.5, 0.6) is 0 Å². The van der Waals surface area contributed by atoms with Crippen LogP contribution in [0.25, 0.3) is 0 Å². The molecule has 13 heavy (non-hydrogen) atoms. The average molecular weight is 226 g/mol. The third kappa shape index (κ3) is 2.69. The van der Waals surface area contributed by atoms with Crippen LogP contribution in [0.3, 0.4) is 0 Å². The smallest absolute Gasteiger partial charge is 0.446 e. The van der Waals surface area contributed by atoms with Crippen LogP contribution in [0, 0.1) is 0 Å². The topological polar surface area (TPSA) is 76.0 Å². The van der Waals surface area contributed by atoms with Crippen molar-refractivity contribution in [3.05, 3.63) is 0 Å². The van der Waals surface area contributed by atoms with E-state index in [1.54, 1.807) is 0 Å². The minimum atomic E-state index is -5.69. The maximum Gasteiger partial charge on any atom is 0.446 e. The molecule has 0 aromatic carbocycles. The maximum atomic E-state index is 12.5. The van der Waals surface area contributed by atoms with Crippen LogP contribution in [-0.4, -0.2) is 27.5 Å². The largest absolute Gasteiger partial charge is 0.478 e. The highest BCUT2D eigenvalue weighted by atomic mass is 32.2. The van der Waals surface area contributed by atoms with Crippen molar-refractivity contribution < 1.29 is 42.1 Å². The summed E-state index contributed by atoms with van der Waals surface area (Å²) in [6, 6.07) is 0. The van der Waals surface area contributed by atoms with E-state index in [0.717, 1.165) is 0 Å². The minimum absolute atomic E-state index is 1.22. The highest BCUT2D eigenvalue weighted by Gasteiger charge is 2.65. The van der Waals surface area contributed by atoms with E-state index in [2.05, 4.69) is 9.37 Å². The molecule has 0 fully saturated rings. The van der Waals surface area contributed by atoms with Gasteiger partial charge in [0.2, 0.25) is 0 Å². The van der Waals surface area contributed by atoms with Crippen LogP contribution in [0.15, 0.2) is 0 Å². The van der Waals surface area contributed by atoms with E-state index in [0.29, 0.717) is 0 Å². The number of carboxylic acid groups (broad SMARTS) is 1. The fourth-order valence-electron chi connectivity index (χ4n) is 0.266. The first-order valence-electron chi connectivity index (χ1n) is 2.40. The Balaban J connectivity index is 4.64. The molecule has 10 heteroatoms. The number of hydrogen-bond donors (Lipinski definition) is 2. The highest BCUT2D eigenvalue weighted by Crippen LogP contribution is 2.43. The van der Waals surface area contributed by atoms with Crippen molar-refractivity contribution in [3.8, 4) is 0 Å². The second kappa shape index (κ2) is 4.09. The molecule has 2 N–H and O–H groups in total. The number of carbonyl (C=O) groups is 1. The SMILES string of the molecule is O=C(O)C(F)(SOOO)C(F)(F)F. The average Bonchev–Trinajstić information content (AvgIpc) is 1.97. The van der Waals surface area contributed by atoms with Crippen molar-refractivity contribution in [2.24, 2.45) is 0 Å². The molecule has 0 saturated carbocycles. The number of carboxylic acids is 1. The monoisotopic (exact) mass is 226 g/mol. The second-order valence-electron chi connectivity index (χ2n) is 1.62. The molecule has 0 radical (unpaired) electrons. The Hall–Kier alpha value is -0.580. The van der Waals surface area contributed by atoms with E-state index in [1.807, 2.05) is 0 Å². The van der Waals surface area contributed by atoms with Crippen LogP contribution in [-0.2, 0) is 14.2 Å². The molecule has 1 unspecified atom stereocenters. The van der Waals surface area contributed by atoms with E-state index >= 15 is 0 Å². The van der Waals surface area contributed by atoms with E-state index in [-0.39, 0.29) is 0 Å². The molecule has 0 aliphatic carbocycles. The van der Waals surface area contributed by atoms with Crippen molar-refractivity contribution in [1.82, 2.24) is 0 Å². The van der Waals surface area contributed by atoms with E-state index in [9.17, 15) is 22.4 Å². The van der Waals surface area contributed by atoms with Crippen LogP contribution < -0.4 is 0 Å². The molecule has 0 aliphatic heterocycles. The Bertz CT molecular complexity index is 195. The number of rotatable bonds is 4. The summed E-state index contributed by atoms with van der Waals surface area (Å²) < 4.78 is 50.7. The van der Waals surface area contributed by atoms with Crippen molar-refractivity contribution in [3.63, 3.8) is 0 Å². The van der Waals surface area contributed by atoms with Gasteiger partial charge in [-0.05, 0) is 0 Å². The van der Waals surface area contributed by atoms with Crippen molar-refractivity contribution >= 4 is 18.0 Å². The first kappa shape index (κ1) is 12.4. The zero-order valence-corrected chi connectivity index (χ0v) is 6.36. The lowest BCUT2D eigenvalue weighted by atomic mass is 10.4. The van der Waals surface area contributed by atoms with E-state index < -0.39 is 29.2 Å². The predicted molar refractivity (Wildman–Crippen MR) is 29.9 cm³/mol. The Morgan fingerprint density at radius 2 is 1.77 bits per heavy atom. The fraction of sp³-hybridized carbons (Fsp3) is 0.667. The molecule has 0 aromatic rings. The summed E-state index contributed by atoms with van der Waals surface area (Å²) in [7, 11) is 0. The Morgan fingerprint density at radius 3 is 2.00 bits per heavy atom. The predicted octanol–water partition coefficient (Wildman–Crippen LogP) is 1.37. The van der Waals surface area contributed by atoms with E-state index in [1.165, 1.54) is 0 Å². The zero-order valence-electron chi connectivity index (χ0n) is 5.54. The summed E-state index contributed by atoms with van der Waals surface area (Å²) in [5.41, 5.74) is 0. The van der Waals surface area contributed by atoms with Crippen molar-refractivity contribution in [1.29, 1.82) is 0 Å². The summed E-state index contributed by atoms with van der Waals surface area (Å²) >= 11 is -1.22. The van der Waals surface area contributed by atoms with Gasteiger partial charge in [-0.15, -0.1) is 4.33 Å². The molecule has 0 spiro atoms. The third-order valence-corrected chi connectivity index (χ3v) is 1.58. The Labute approximate surface area is 72.3 Å². The summed E-state index contributed by atoms with van der Waals surface area (Å²) in [6.45, 7) is 0. The lowest BCUT2D eigenvalue weighted by Crippen LogP contribution is -2.45. The van der Waals surface area contributed by atoms with Gasteiger partial charge in [-0.25, -0.2) is 14.4 Å². The van der Waals surface area contributed by atoms with Gasteiger partial charge >= 0.3 is 17.1 Å². The second-order valence-corrected chi connectivity index (χ2v) is 2.49. The molecule has 0 bridgehead atoms. The molecule has 0 heterocycles. The molecule has 0 aliphatic rings. The van der Waals surface area contributed by atoms with Crippen LogP contribution in [0.2, 0.25) is 0 Å². The van der Waals surface area contributed by atoms with Crippen molar-refractivity contribution in [2.75, 3.05) is 0 Å². The number of halogens is 4. The van der Waals surface area contributed by atoms with Crippen LogP contribution in [0.1, 0.15) is 0 Å². The maximum absolute atomic E-state index is 12.5. The van der Waals surface area contributed by atoms with E-state index in [4.69, 9.17) is 10.4 Å². The first-order valence-corrected chi connectivity index (χ1v) is 3.15. The molecule has 0 rings (SSSR count). The van der Waals surface area contributed by atoms with Crippen LogP contribution >= 0.6 is 12.0 Å². The van der Waals surface area contributed by atoms with Gasteiger partial charge in [0.1, 0.15) is 0 Å². The molecular formula is C3H2F4O5S. The van der Waals surface area contributed by atoms with Gasteiger partial charge in [0.15, 0.2) is 0 Å². The minimum Gasteiger partial charge on any atom is -0.478 e. The van der Waals surface area contributed by atoms with Gasteiger partial charge in [-0.2, -0.15) is 13.2 Å². The molecular weight excluding hydrogens is 224 g/mol.